The molecule has 84 heavy (non-hydrogen) atoms. The average molecular weight is 1160 g/mol. The van der Waals surface area contributed by atoms with E-state index in [-0.39, 0.29) is 68.8 Å². The van der Waals surface area contributed by atoms with Crippen LogP contribution >= 0.6 is 0 Å². The Bertz CT molecular complexity index is 3340. The largest absolute Gasteiger partial charge is 0.507 e. The van der Waals surface area contributed by atoms with Gasteiger partial charge in [-0.05, 0) is 51.0 Å². The van der Waals surface area contributed by atoms with Gasteiger partial charge in [0.15, 0.2) is 35.7 Å². The van der Waals surface area contributed by atoms with E-state index in [9.17, 15) is 69.6 Å². The van der Waals surface area contributed by atoms with Crippen molar-refractivity contribution in [3.05, 3.63) is 139 Å². The molecule has 0 bridgehead atoms. The number of hydrogen-bond donors (Lipinski definition) is 10. The Morgan fingerprint density at radius 3 is 1.24 bits per heavy atom. The zero-order valence-corrected chi connectivity index (χ0v) is 46.7. The third-order valence-corrected chi connectivity index (χ3v) is 17.6. The number of phenols is 4. The summed E-state index contributed by atoms with van der Waals surface area (Å²) in [6, 6.07) is 15.1. The second-order valence-corrected chi connectivity index (χ2v) is 22.7. The molecule has 2 heterocycles. The molecule has 22 heteroatoms. The van der Waals surface area contributed by atoms with E-state index in [0.717, 1.165) is 25.0 Å². The van der Waals surface area contributed by atoms with Crippen LogP contribution in [0.15, 0.2) is 60.7 Å². The van der Waals surface area contributed by atoms with Crippen LogP contribution in [0, 0.1) is 0 Å². The van der Waals surface area contributed by atoms with Gasteiger partial charge < -0.3 is 79.9 Å². The molecule has 0 radical (unpaired) electrons. The minimum absolute atomic E-state index is 0.0594. The number of carbonyl (C=O) groups is 6. The Hall–Kier alpha value is -7.48. The van der Waals surface area contributed by atoms with Crippen LogP contribution in [0.2, 0.25) is 0 Å². The molecule has 5 aromatic rings. The second kappa shape index (κ2) is 21.9. The number of phenolic OH excluding ortho intramolecular Hbond substituents is 4. The van der Waals surface area contributed by atoms with E-state index in [1.54, 1.807) is 13.8 Å². The summed E-state index contributed by atoms with van der Waals surface area (Å²) >= 11 is 0. The molecule has 0 aromatic heterocycles. The first kappa shape index (κ1) is 58.3. The highest BCUT2D eigenvalue weighted by atomic mass is 16.7. The normalized spacial score (nSPS) is 28.7. The zero-order chi connectivity index (χ0) is 60.2. The number of methoxy groups -OCH3 is 2. The molecule has 0 unspecified atom stereocenters. The molecule has 2 saturated heterocycles. The van der Waals surface area contributed by atoms with Crippen molar-refractivity contribution < 1.29 is 98.0 Å². The molecular formula is C62H64N2O20. The van der Waals surface area contributed by atoms with Crippen molar-refractivity contribution in [2.75, 3.05) is 14.2 Å². The monoisotopic (exact) mass is 1160 g/mol. The number of aliphatic hydroxyl groups is 4. The van der Waals surface area contributed by atoms with Crippen LogP contribution in [-0.2, 0) is 54.5 Å². The van der Waals surface area contributed by atoms with Crippen molar-refractivity contribution in [2.24, 2.45) is 0 Å². The summed E-state index contributed by atoms with van der Waals surface area (Å²) in [6.45, 7) is 6.36. The summed E-state index contributed by atoms with van der Waals surface area (Å²) in [6.07, 6.45) is -10.6. The van der Waals surface area contributed by atoms with Crippen molar-refractivity contribution in [3.63, 3.8) is 0 Å². The summed E-state index contributed by atoms with van der Waals surface area (Å²) in [7, 11) is 2.65. The fraction of sp³-hybridized carbons (Fsp3) is 0.419. The van der Waals surface area contributed by atoms with Gasteiger partial charge in [0.25, 0.3) is 0 Å². The summed E-state index contributed by atoms with van der Waals surface area (Å²) in [5.74, 6) is -6.98. The Kier molecular flexibility index (Phi) is 15.2. The number of ether oxygens (including phenoxy) is 6. The molecule has 6 aliphatic rings. The van der Waals surface area contributed by atoms with Crippen molar-refractivity contribution >= 4 is 34.7 Å². The molecule has 442 valence electrons. The van der Waals surface area contributed by atoms with Gasteiger partial charge in [-0.1, -0.05) is 48.5 Å². The maximum atomic E-state index is 14.1. The lowest BCUT2D eigenvalue weighted by atomic mass is 9.72. The van der Waals surface area contributed by atoms with E-state index in [0.29, 0.717) is 13.1 Å². The first-order valence-electron chi connectivity index (χ1n) is 27.6. The van der Waals surface area contributed by atoms with Gasteiger partial charge in [-0.3, -0.25) is 28.8 Å². The maximum absolute atomic E-state index is 14.1. The maximum Gasteiger partial charge on any atom is 0.202 e. The van der Waals surface area contributed by atoms with Gasteiger partial charge in [0, 0.05) is 85.0 Å². The molecule has 12 atom stereocenters. The standard InChI is InChI=1S/C62H64N2O20/c1-25-51(35(67)17-41(81-25)83-39-21-61(77,27(3)65)19-33-45(39)59(75)49-47(55(33)71)53(69)31-9-7-11-37(79-5)43(31)57(49)73)63-23-29-13-15-30(16-14-29)24-64-52-26(2)82-42(18-36(52)68)84-40-22-62(78,28(4)66)20-34-46(40)60(76)50-48(56(34)72)54(70)32-10-8-12-38(80-6)44(32)58(50)74/h7-16,25-26,35-36,39-42,51-52,63-64,67-68,71-72,75-78H,17-24H2,1-6H3/t25-,26-,35-,36-,39-,40-,41-,42-,51+,52+,61-,62-/m0/s1. The lowest BCUT2D eigenvalue weighted by Gasteiger charge is -2.43. The Labute approximate surface area is 480 Å². The number of benzene rings is 5. The molecule has 22 nitrogen and oxygen atoms in total. The smallest absolute Gasteiger partial charge is 0.202 e. The van der Waals surface area contributed by atoms with Crippen molar-refractivity contribution in [2.45, 2.75) is 152 Å². The molecule has 2 aliphatic heterocycles. The van der Waals surface area contributed by atoms with E-state index < -0.39 is 178 Å². The quantitative estimate of drug-likeness (QED) is 0.0687. The third kappa shape index (κ3) is 9.63. The third-order valence-electron chi connectivity index (χ3n) is 17.6. The number of carbonyl (C=O) groups excluding carboxylic acids is 6. The van der Waals surface area contributed by atoms with Gasteiger partial charge in [-0.2, -0.15) is 0 Å². The molecule has 4 aliphatic carbocycles. The zero-order valence-electron chi connectivity index (χ0n) is 46.7. The number of aromatic hydroxyl groups is 4. The summed E-state index contributed by atoms with van der Waals surface area (Å²) in [5, 5.41) is 100. The van der Waals surface area contributed by atoms with Crippen LogP contribution in [0.4, 0.5) is 0 Å². The highest BCUT2D eigenvalue weighted by Crippen LogP contribution is 2.55. The molecule has 0 saturated carbocycles. The number of hydrogen-bond acceptors (Lipinski definition) is 22. The highest BCUT2D eigenvalue weighted by molar-refractivity contribution is 6.32. The average Bonchev–Trinajstić information content (AvgIpc) is 0.770. The van der Waals surface area contributed by atoms with Gasteiger partial charge in [0.05, 0.1) is 96.3 Å². The predicted molar refractivity (Wildman–Crippen MR) is 292 cm³/mol. The highest BCUT2D eigenvalue weighted by Gasteiger charge is 2.52. The Balaban J connectivity index is 0.718. The van der Waals surface area contributed by atoms with E-state index in [1.165, 1.54) is 50.6 Å². The first-order valence-corrected chi connectivity index (χ1v) is 27.6. The van der Waals surface area contributed by atoms with E-state index >= 15 is 0 Å². The SMILES string of the molecule is COc1cccc2c1C(=O)c1c(O)c3c(c(O)c1C2=O)C[C@@](O)(C(C)=O)C[C@@H]3O[C@H]1C[C@H](O)[C@H](NCc2ccc(CN[C@@H]3[C@H](C)O[C@@H](O[C@H]4C[C@](O)(C(C)=O)Cc5c(O)c6c(c(O)c54)C(=O)c4c(OC)cccc4C6=O)C[C@@H]3O)cc2)[C@H](C)O1. The van der Waals surface area contributed by atoms with Crippen molar-refractivity contribution in [1.29, 1.82) is 0 Å². The lowest BCUT2D eigenvalue weighted by molar-refractivity contribution is -0.247. The van der Waals surface area contributed by atoms with Gasteiger partial charge in [-0.15, -0.1) is 0 Å². The fourth-order valence-electron chi connectivity index (χ4n) is 13.1. The van der Waals surface area contributed by atoms with E-state index in [2.05, 4.69) is 10.6 Å². The molecule has 2 fully saturated rings. The molecule has 0 spiro atoms. The van der Waals surface area contributed by atoms with Crippen LogP contribution in [0.1, 0.15) is 163 Å². The number of fused-ring (bicyclic) bond motifs is 6. The van der Waals surface area contributed by atoms with Gasteiger partial charge in [0.2, 0.25) is 11.6 Å². The van der Waals surface area contributed by atoms with Crippen molar-refractivity contribution in [1.82, 2.24) is 10.6 Å². The van der Waals surface area contributed by atoms with Crippen molar-refractivity contribution in [3.8, 4) is 34.5 Å². The van der Waals surface area contributed by atoms with Gasteiger partial charge in [-0.25, -0.2) is 0 Å². The van der Waals surface area contributed by atoms with E-state index in [4.69, 9.17) is 28.4 Å². The van der Waals surface area contributed by atoms with Crippen LogP contribution in [0.25, 0.3) is 0 Å². The predicted octanol–water partition coefficient (Wildman–Crippen LogP) is 4.03. The Morgan fingerprint density at radius 2 is 0.905 bits per heavy atom. The first-order chi connectivity index (χ1) is 39.9. The molecular weight excluding hydrogens is 1090 g/mol. The lowest BCUT2D eigenvalue weighted by Crippen LogP contribution is -2.55. The fourth-order valence-corrected chi connectivity index (χ4v) is 13.1. The number of Topliss-reactive ketones (excluding diaryl/α,β-unsaturated/α-hetero) is 2. The van der Waals surface area contributed by atoms with Crippen LogP contribution in [-0.4, -0.2) is 150 Å². The number of ketones is 6. The summed E-state index contributed by atoms with van der Waals surface area (Å²) < 4.78 is 35.9. The number of nitrogens with one attached hydrogen (secondary N) is 2. The van der Waals surface area contributed by atoms with Gasteiger partial charge >= 0.3 is 0 Å². The molecule has 5 aromatic carbocycles. The summed E-state index contributed by atoms with van der Waals surface area (Å²) in [4.78, 5) is 81.8. The number of aliphatic hydroxyl groups excluding tert-OH is 2. The van der Waals surface area contributed by atoms with Crippen LogP contribution in [0.5, 0.6) is 34.5 Å². The minimum Gasteiger partial charge on any atom is -0.507 e. The summed E-state index contributed by atoms with van der Waals surface area (Å²) in [5.41, 5.74) is -5.26. The second-order valence-electron chi connectivity index (χ2n) is 22.7. The molecule has 10 N–H and O–H groups in total. The van der Waals surface area contributed by atoms with E-state index in [1.807, 2.05) is 24.3 Å². The van der Waals surface area contributed by atoms with Crippen LogP contribution < -0.4 is 20.1 Å². The topological polar surface area (TPSA) is 344 Å². The van der Waals surface area contributed by atoms with Gasteiger partial charge in [0.1, 0.15) is 45.7 Å². The minimum atomic E-state index is -2.11. The molecule has 0 amide bonds. The number of rotatable bonds is 14. The van der Waals surface area contributed by atoms with Crippen LogP contribution in [0.3, 0.4) is 0 Å². The molecule has 11 rings (SSSR count). The Morgan fingerprint density at radius 1 is 0.548 bits per heavy atom.